The van der Waals surface area contributed by atoms with E-state index in [4.69, 9.17) is 0 Å². The predicted octanol–water partition coefficient (Wildman–Crippen LogP) is 0.496. The van der Waals surface area contributed by atoms with Gasteiger partial charge in [-0.25, -0.2) is 4.68 Å². The molecule has 1 atom stereocenters. The van der Waals surface area contributed by atoms with Gasteiger partial charge < -0.3 is 0 Å². The molecule has 0 aliphatic carbocycles. The highest BCUT2D eigenvalue weighted by molar-refractivity contribution is 5.94. The second kappa shape index (κ2) is 2.33. The van der Waals surface area contributed by atoms with Crippen molar-refractivity contribution in [1.29, 1.82) is 0 Å². The van der Waals surface area contributed by atoms with Gasteiger partial charge in [0, 0.05) is 13.1 Å². The van der Waals surface area contributed by atoms with Gasteiger partial charge in [0.15, 0.2) is 0 Å². The molecule has 1 aliphatic rings. The molecular weight excluding hydrogens is 154 g/mol. The summed E-state index contributed by atoms with van der Waals surface area (Å²) < 4.78 is 1.85. The number of aromatic nitrogens is 2. The van der Waals surface area contributed by atoms with Gasteiger partial charge in [-0.15, -0.1) is 0 Å². The minimum absolute atomic E-state index is 0.0439. The SMILES string of the molecule is CC1Cn2nccc2N(C)C1=O. The van der Waals surface area contributed by atoms with Crippen molar-refractivity contribution in [2.45, 2.75) is 13.5 Å². The number of amides is 1. The van der Waals surface area contributed by atoms with Gasteiger partial charge in [0.25, 0.3) is 0 Å². The molecule has 0 saturated carbocycles. The van der Waals surface area contributed by atoms with Crippen LogP contribution in [0, 0.1) is 5.92 Å². The lowest BCUT2D eigenvalue weighted by Crippen LogP contribution is -2.39. The fourth-order valence-electron chi connectivity index (χ4n) is 1.53. The first-order valence-corrected chi connectivity index (χ1v) is 3.99. The summed E-state index contributed by atoms with van der Waals surface area (Å²) in [5, 5.41) is 4.11. The van der Waals surface area contributed by atoms with Crippen LogP contribution in [0.2, 0.25) is 0 Å². The van der Waals surface area contributed by atoms with Gasteiger partial charge in [-0.1, -0.05) is 6.92 Å². The summed E-state index contributed by atoms with van der Waals surface area (Å²) in [6, 6.07) is 1.85. The molecule has 1 amide bonds. The van der Waals surface area contributed by atoms with Gasteiger partial charge in [-0.2, -0.15) is 5.10 Å². The van der Waals surface area contributed by atoms with E-state index in [0.717, 1.165) is 5.82 Å². The number of rotatable bonds is 0. The molecule has 1 aromatic heterocycles. The Balaban J connectivity index is 2.45. The maximum atomic E-state index is 11.5. The van der Waals surface area contributed by atoms with Gasteiger partial charge in [0.05, 0.1) is 18.7 Å². The Bertz CT molecular complexity index is 318. The van der Waals surface area contributed by atoms with Crippen LogP contribution < -0.4 is 4.90 Å². The fourth-order valence-corrected chi connectivity index (χ4v) is 1.53. The fraction of sp³-hybridized carbons (Fsp3) is 0.500. The number of hydrogen-bond donors (Lipinski definition) is 0. The highest BCUT2D eigenvalue weighted by Gasteiger charge is 2.27. The molecule has 64 valence electrons. The maximum Gasteiger partial charge on any atom is 0.232 e. The summed E-state index contributed by atoms with van der Waals surface area (Å²) in [5.41, 5.74) is 0. The zero-order valence-electron chi connectivity index (χ0n) is 7.19. The molecule has 0 fully saturated rings. The monoisotopic (exact) mass is 165 g/mol. The molecule has 1 unspecified atom stereocenters. The molecule has 2 rings (SSSR count). The topological polar surface area (TPSA) is 38.1 Å². The van der Waals surface area contributed by atoms with Crippen LogP contribution in [-0.4, -0.2) is 22.7 Å². The summed E-state index contributed by atoms with van der Waals surface area (Å²) in [6.45, 7) is 2.62. The summed E-state index contributed by atoms with van der Waals surface area (Å²) in [4.78, 5) is 13.1. The Kier molecular flexibility index (Phi) is 1.43. The molecule has 1 aromatic rings. The standard InChI is InChI=1S/C8H11N3O/c1-6-5-11-7(3-4-9-11)10(2)8(6)12/h3-4,6H,5H2,1-2H3. The Hall–Kier alpha value is -1.32. The summed E-state index contributed by atoms with van der Waals surface area (Å²) in [5.74, 6) is 1.10. The number of hydrogen-bond acceptors (Lipinski definition) is 2. The van der Waals surface area contributed by atoms with E-state index in [-0.39, 0.29) is 11.8 Å². The van der Waals surface area contributed by atoms with E-state index >= 15 is 0 Å². The normalized spacial score (nSPS) is 22.7. The molecule has 0 bridgehead atoms. The summed E-state index contributed by atoms with van der Waals surface area (Å²) in [6.07, 6.45) is 1.72. The Morgan fingerprint density at radius 2 is 2.42 bits per heavy atom. The van der Waals surface area contributed by atoms with E-state index in [1.807, 2.05) is 17.7 Å². The van der Waals surface area contributed by atoms with Gasteiger partial charge in [0.1, 0.15) is 5.82 Å². The molecule has 0 aromatic carbocycles. The molecule has 0 radical (unpaired) electrons. The van der Waals surface area contributed by atoms with E-state index in [1.165, 1.54) is 0 Å². The molecule has 0 N–H and O–H groups in total. The third-order valence-electron chi connectivity index (χ3n) is 2.24. The minimum Gasteiger partial charge on any atom is -0.300 e. The van der Waals surface area contributed by atoms with Crippen molar-refractivity contribution < 1.29 is 4.79 Å². The third kappa shape index (κ3) is 0.841. The molecular formula is C8H11N3O. The smallest absolute Gasteiger partial charge is 0.232 e. The van der Waals surface area contributed by atoms with Crippen LogP contribution in [0.4, 0.5) is 5.82 Å². The van der Waals surface area contributed by atoms with E-state index < -0.39 is 0 Å². The van der Waals surface area contributed by atoms with Crippen molar-refractivity contribution in [2.24, 2.45) is 5.92 Å². The first-order valence-electron chi connectivity index (χ1n) is 3.99. The predicted molar refractivity (Wildman–Crippen MR) is 44.8 cm³/mol. The van der Waals surface area contributed by atoms with Crippen molar-refractivity contribution in [1.82, 2.24) is 9.78 Å². The van der Waals surface area contributed by atoms with Gasteiger partial charge >= 0.3 is 0 Å². The highest BCUT2D eigenvalue weighted by atomic mass is 16.2. The van der Waals surface area contributed by atoms with E-state index in [1.54, 1.807) is 18.1 Å². The number of anilines is 1. The van der Waals surface area contributed by atoms with E-state index in [2.05, 4.69) is 5.10 Å². The summed E-state index contributed by atoms with van der Waals surface area (Å²) >= 11 is 0. The zero-order valence-corrected chi connectivity index (χ0v) is 7.19. The van der Waals surface area contributed by atoms with Gasteiger partial charge in [-0.05, 0) is 0 Å². The Labute approximate surface area is 70.8 Å². The van der Waals surface area contributed by atoms with E-state index in [0.29, 0.717) is 6.54 Å². The van der Waals surface area contributed by atoms with Crippen molar-refractivity contribution in [3.63, 3.8) is 0 Å². The quantitative estimate of drug-likeness (QED) is 0.561. The second-order valence-corrected chi connectivity index (χ2v) is 3.17. The lowest BCUT2D eigenvalue weighted by atomic mass is 10.1. The average molecular weight is 165 g/mol. The van der Waals surface area contributed by atoms with Crippen LogP contribution in [0.1, 0.15) is 6.92 Å². The molecule has 0 saturated heterocycles. The largest absolute Gasteiger partial charge is 0.300 e. The first-order chi connectivity index (χ1) is 5.70. The third-order valence-corrected chi connectivity index (χ3v) is 2.24. The number of carbonyl (C=O) groups is 1. The van der Waals surface area contributed by atoms with Gasteiger partial charge in [-0.3, -0.25) is 9.69 Å². The lowest BCUT2D eigenvalue weighted by molar-refractivity contribution is -0.122. The van der Waals surface area contributed by atoms with Crippen LogP contribution >= 0.6 is 0 Å². The lowest BCUT2D eigenvalue weighted by Gasteiger charge is -2.27. The molecule has 0 spiro atoms. The maximum absolute atomic E-state index is 11.5. The van der Waals surface area contributed by atoms with Crippen molar-refractivity contribution in [3.8, 4) is 0 Å². The first kappa shape index (κ1) is 7.34. The number of carbonyl (C=O) groups excluding carboxylic acids is 1. The van der Waals surface area contributed by atoms with Crippen molar-refractivity contribution in [2.75, 3.05) is 11.9 Å². The second-order valence-electron chi connectivity index (χ2n) is 3.17. The molecule has 2 heterocycles. The van der Waals surface area contributed by atoms with Crippen LogP contribution in [0.25, 0.3) is 0 Å². The number of nitrogens with zero attached hydrogens (tertiary/aromatic N) is 3. The van der Waals surface area contributed by atoms with Crippen molar-refractivity contribution >= 4 is 11.7 Å². The van der Waals surface area contributed by atoms with Crippen molar-refractivity contribution in [3.05, 3.63) is 12.3 Å². The number of fused-ring (bicyclic) bond motifs is 1. The molecule has 4 heteroatoms. The molecule has 1 aliphatic heterocycles. The Morgan fingerprint density at radius 1 is 1.67 bits per heavy atom. The van der Waals surface area contributed by atoms with Crippen LogP contribution in [0.3, 0.4) is 0 Å². The summed E-state index contributed by atoms with van der Waals surface area (Å²) in [7, 11) is 1.78. The Morgan fingerprint density at radius 3 is 3.17 bits per heavy atom. The van der Waals surface area contributed by atoms with Crippen LogP contribution in [-0.2, 0) is 11.3 Å². The minimum atomic E-state index is 0.0439. The van der Waals surface area contributed by atoms with Gasteiger partial charge in [0.2, 0.25) is 5.91 Å². The van der Waals surface area contributed by atoms with E-state index in [9.17, 15) is 4.79 Å². The molecule has 4 nitrogen and oxygen atoms in total. The zero-order chi connectivity index (χ0) is 8.72. The van der Waals surface area contributed by atoms with Crippen LogP contribution in [0.15, 0.2) is 12.3 Å². The van der Waals surface area contributed by atoms with Crippen LogP contribution in [0.5, 0.6) is 0 Å². The highest BCUT2D eigenvalue weighted by Crippen LogP contribution is 2.21. The average Bonchev–Trinajstić information content (AvgIpc) is 2.48. The molecule has 12 heavy (non-hydrogen) atoms.